The number of halogens is 2. The van der Waals surface area contributed by atoms with E-state index >= 15 is 0 Å². The van der Waals surface area contributed by atoms with E-state index in [1.807, 2.05) is 42.5 Å². The van der Waals surface area contributed by atoms with Crippen LogP contribution in [0.4, 0.5) is 0 Å². The van der Waals surface area contributed by atoms with E-state index in [2.05, 4.69) is 27.9 Å². The molecule has 0 saturated heterocycles. The van der Waals surface area contributed by atoms with Crippen LogP contribution in [0, 0.1) is 12.6 Å². The van der Waals surface area contributed by atoms with Gasteiger partial charge in [0.1, 0.15) is 5.75 Å². The largest absolute Gasteiger partial charge is 0.506 e. The van der Waals surface area contributed by atoms with Gasteiger partial charge in [0.2, 0.25) is 0 Å². The molecular weight excluding hydrogens is 484 g/mol. The molecule has 0 fully saturated rings. The average Bonchev–Trinajstić information content (AvgIpc) is 2.44. The average molecular weight is 503 g/mol. The smallest absolute Gasteiger partial charge is 0.255 e. The minimum atomic E-state index is -0.307. The summed E-state index contributed by atoms with van der Waals surface area (Å²) in [5, 5.41) is 22.3. The van der Waals surface area contributed by atoms with Gasteiger partial charge in [0.05, 0.1) is 15.7 Å². The topological polar surface area (TPSA) is 69.6 Å². The lowest BCUT2D eigenvalue weighted by atomic mass is 9.83. The van der Waals surface area contributed by atoms with Crippen molar-refractivity contribution < 1.29 is 15.0 Å². The molecule has 1 aromatic rings. The van der Waals surface area contributed by atoms with Crippen molar-refractivity contribution >= 4 is 51.1 Å². The number of aromatic hydroxyl groups is 1. The van der Waals surface area contributed by atoms with E-state index in [9.17, 15) is 15.0 Å². The molecule has 0 saturated carbocycles. The van der Waals surface area contributed by atoms with E-state index in [1.165, 1.54) is 0 Å². The molecule has 1 amide bonds. The standard InChI is InChI=1S/C14H19I2NO3/c1-3-14(4-2,8-18)7-17-13(20)10-5-9(15)6-11(16)12(10)19/h5-6,18-19H,3-4,7-8H2,1-2H3,(H,17,20). The normalized spacial score (nSPS) is 11.4. The second kappa shape index (κ2) is 7.79. The molecule has 0 aliphatic rings. The molecular formula is C14H19I2NO3. The molecule has 0 aliphatic carbocycles. The molecule has 0 heterocycles. The third-order valence-electron chi connectivity index (χ3n) is 3.73. The van der Waals surface area contributed by atoms with Crippen molar-refractivity contribution in [3.8, 4) is 5.75 Å². The van der Waals surface area contributed by atoms with E-state index in [-0.39, 0.29) is 29.2 Å². The number of amides is 1. The van der Waals surface area contributed by atoms with Gasteiger partial charge in [-0.25, -0.2) is 0 Å². The lowest BCUT2D eigenvalue weighted by Crippen LogP contribution is -2.39. The zero-order valence-electron chi connectivity index (χ0n) is 11.5. The van der Waals surface area contributed by atoms with Gasteiger partial charge in [-0.1, -0.05) is 13.8 Å². The second-order valence-corrected chi connectivity index (χ2v) is 7.24. The van der Waals surface area contributed by atoms with Gasteiger partial charge < -0.3 is 15.5 Å². The highest BCUT2D eigenvalue weighted by Gasteiger charge is 2.26. The van der Waals surface area contributed by atoms with Crippen molar-refractivity contribution in [2.75, 3.05) is 13.2 Å². The number of hydrogen-bond donors (Lipinski definition) is 3. The van der Waals surface area contributed by atoms with Crippen LogP contribution in [0.25, 0.3) is 0 Å². The SMILES string of the molecule is CCC(CC)(CO)CNC(=O)c1cc(I)cc(I)c1O. The molecule has 0 radical (unpaired) electrons. The molecule has 3 N–H and O–H groups in total. The van der Waals surface area contributed by atoms with Gasteiger partial charge in [0, 0.05) is 15.5 Å². The number of phenolic OH excluding ortho intramolecular Hbond substituents is 1. The van der Waals surface area contributed by atoms with Crippen LogP contribution < -0.4 is 5.32 Å². The van der Waals surface area contributed by atoms with E-state index in [0.717, 1.165) is 16.4 Å². The van der Waals surface area contributed by atoms with E-state index in [1.54, 1.807) is 6.07 Å². The van der Waals surface area contributed by atoms with Crippen LogP contribution in [0.2, 0.25) is 0 Å². The maximum absolute atomic E-state index is 12.2. The van der Waals surface area contributed by atoms with Gasteiger partial charge in [-0.15, -0.1) is 0 Å². The predicted octanol–water partition coefficient (Wildman–Crippen LogP) is 3.13. The third kappa shape index (κ3) is 4.20. The minimum absolute atomic E-state index is 0.00566. The molecule has 6 heteroatoms. The van der Waals surface area contributed by atoms with Gasteiger partial charge in [-0.05, 0) is 70.2 Å². The summed E-state index contributed by atoms with van der Waals surface area (Å²) in [6.07, 6.45) is 1.58. The maximum atomic E-state index is 12.2. The Hall–Kier alpha value is -0.0900. The van der Waals surface area contributed by atoms with Crippen molar-refractivity contribution in [1.82, 2.24) is 5.32 Å². The van der Waals surface area contributed by atoms with E-state index in [4.69, 9.17) is 0 Å². The summed E-state index contributed by atoms with van der Waals surface area (Å²) in [5.74, 6) is -0.301. The summed E-state index contributed by atoms with van der Waals surface area (Å²) >= 11 is 4.11. The quantitative estimate of drug-likeness (QED) is 0.523. The fraction of sp³-hybridized carbons (Fsp3) is 0.500. The Balaban J connectivity index is 2.87. The number of nitrogens with one attached hydrogen (secondary N) is 1. The monoisotopic (exact) mass is 503 g/mol. The highest BCUT2D eigenvalue weighted by Crippen LogP contribution is 2.28. The highest BCUT2D eigenvalue weighted by atomic mass is 127. The van der Waals surface area contributed by atoms with Crippen LogP contribution in [0.3, 0.4) is 0 Å². The van der Waals surface area contributed by atoms with E-state index < -0.39 is 0 Å². The lowest BCUT2D eigenvalue weighted by molar-refractivity contribution is 0.0848. The first kappa shape index (κ1) is 18.0. The predicted molar refractivity (Wildman–Crippen MR) is 96.0 cm³/mol. The molecule has 0 aromatic heterocycles. The summed E-state index contributed by atoms with van der Waals surface area (Å²) < 4.78 is 1.55. The summed E-state index contributed by atoms with van der Waals surface area (Å²) in [6, 6.07) is 3.47. The number of carbonyl (C=O) groups is 1. The van der Waals surface area contributed by atoms with Gasteiger partial charge in [-0.2, -0.15) is 0 Å². The van der Waals surface area contributed by atoms with Crippen LogP contribution in [0.15, 0.2) is 12.1 Å². The van der Waals surface area contributed by atoms with Crippen LogP contribution in [-0.4, -0.2) is 29.3 Å². The Kier molecular flexibility index (Phi) is 6.99. The first-order chi connectivity index (χ1) is 9.39. The molecule has 0 unspecified atom stereocenters. The Morgan fingerprint density at radius 3 is 2.40 bits per heavy atom. The Morgan fingerprint density at radius 2 is 1.90 bits per heavy atom. The fourth-order valence-corrected chi connectivity index (χ4v) is 3.73. The first-order valence-electron chi connectivity index (χ1n) is 6.46. The van der Waals surface area contributed by atoms with Crippen LogP contribution in [-0.2, 0) is 0 Å². The molecule has 4 nitrogen and oxygen atoms in total. The fourth-order valence-electron chi connectivity index (χ4n) is 1.88. The van der Waals surface area contributed by atoms with Crippen molar-refractivity contribution in [2.24, 2.45) is 5.41 Å². The van der Waals surface area contributed by atoms with Crippen molar-refractivity contribution in [1.29, 1.82) is 0 Å². The van der Waals surface area contributed by atoms with Gasteiger partial charge in [-0.3, -0.25) is 4.79 Å². The van der Waals surface area contributed by atoms with Crippen LogP contribution in [0.5, 0.6) is 5.75 Å². The molecule has 0 aliphatic heterocycles. The van der Waals surface area contributed by atoms with Crippen molar-refractivity contribution in [3.05, 3.63) is 24.8 Å². The molecule has 1 aromatic carbocycles. The van der Waals surface area contributed by atoms with Gasteiger partial charge in [0.25, 0.3) is 5.91 Å². The molecule has 0 spiro atoms. The Bertz CT molecular complexity index is 479. The summed E-state index contributed by atoms with van der Waals surface area (Å²) in [6.45, 7) is 4.43. The zero-order valence-corrected chi connectivity index (χ0v) is 15.9. The number of hydrogen-bond acceptors (Lipinski definition) is 3. The number of rotatable bonds is 6. The molecule has 112 valence electrons. The number of aliphatic hydroxyl groups is 1. The maximum Gasteiger partial charge on any atom is 0.255 e. The summed E-state index contributed by atoms with van der Waals surface area (Å²) in [5.41, 5.74) is -0.0132. The number of benzene rings is 1. The molecule has 0 atom stereocenters. The molecule has 20 heavy (non-hydrogen) atoms. The number of phenols is 1. The number of aliphatic hydroxyl groups excluding tert-OH is 1. The van der Waals surface area contributed by atoms with E-state index in [0.29, 0.717) is 10.1 Å². The zero-order chi connectivity index (χ0) is 15.3. The second-order valence-electron chi connectivity index (χ2n) is 4.83. The highest BCUT2D eigenvalue weighted by molar-refractivity contribution is 14.1. The lowest BCUT2D eigenvalue weighted by Gasteiger charge is -2.29. The summed E-state index contributed by atoms with van der Waals surface area (Å²) in [7, 11) is 0. The van der Waals surface area contributed by atoms with Gasteiger partial charge in [0.15, 0.2) is 0 Å². The summed E-state index contributed by atoms with van der Waals surface area (Å²) in [4.78, 5) is 12.2. The minimum Gasteiger partial charge on any atom is -0.506 e. The van der Waals surface area contributed by atoms with Crippen molar-refractivity contribution in [2.45, 2.75) is 26.7 Å². The molecule has 0 bridgehead atoms. The third-order valence-corrected chi connectivity index (χ3v) is 5.18. The Morgan fingerprint density at radius 1 is 1.30 bits per heavy atom. The Labute approximate surface area is 146 Å². The van der Waals surface area contributed by atoms with Crippen LogP contribution >= 0.6 is 45.2 Å². The van der Waals surface area contributed by atoms with Crippen LogP contribution in [0.1, 0.15) is 37.0 Å². The van der Waals surface area contributed by atoms with Crippen molar-refractivity contribution in [3.63, 3.8) is 0 Å². The van der Waals surface area contributed by atoms with Gasteiger partial charge >= 0.3 is 0 Å². The number of carbonyl (C=O) groups excluding carboxylic acids is 1. The molecule has 1 rings (SSSR count). The first-order valence-corrected chi connectivity index (χ1v) is 8.62.